The second kappa shape index (κ2) is 12.9. The normalized spacial score (nSPS) is 11.0. The molecule has 0 saturated heterocycles. The molecule has 0 spiro atoms. The molecule has 5 nitrogen and oxygen atoms in total. The van der Waals surface area contributed by atoms with Gasteiger partial charge in [-0.3, -0.25) is 4.99 Å². The van der Waals surface area contributed by atoms with E-state index >= 15 is 0 Å². The summed E-state index contributed by atoms with van der Waals surface area (Å²) < 4.78 is 0. The predicted molar refractivity (Wildman–Crippen MR) is 124 cm³/mol. The largest absolute Gasteiger partial charge is 0.372 e. The lowest BCUT2D eigenvalue weighted by Gasteiger charge is -2.23. The minimum Gasteiger partial charge on any atom is -0.372 e. The van der Waals surface area contributed by atoms with Crippen LogP contribution in [0, 0.1) is 6.92 Å². The fraction of sp³-hybridized carbons (Fsp3) is 0.474. The average Bonchev–Trinajstić information content (AvgIpc) is 3.06. The molecule has 0 aliphatic rings. The number of benzene rings is 1. The minimum atomic E-state index is 0. The Kier molecular flexibility index (Phi) is 11.3. The monoisotopic (exact) mass is 487 g/mol. The predicted octanol–water partition coefficient (Wildman–Crippen LogP) is 3.69. The van der Waals surface area contributed by atoms with Gasteiger partial charge in [-0.25, -0.2) is 4.98 Å². The number of para-hydroxylation sites is 1. The Morgan fingerprint density at radius 1 is 1.19 bits per heavy atom. The standard InChI is InChI=1S/C19H29N5S.HI/c1-4-24(18-9-6-5-7-10-18)14-8-12-21-19(20-3)22-13-11-17-15-25-16(2)23-17;/h5-7,9-10,15H,4,8,11-14H2,1-3H3,(H2,20,21,22);1H. The molecular formula is C19H30IN5S. The minimum absolute atomic E-state index is 0. The van der Waals surface area contributed by atoms with Gasteiger partial charge >= 0.3 is 0 Å². The highest BCUT2D eigenvalue weighted by molar-refractivity contribution is 14.0. The molecule has 2 N–H and O–H groups in total. The third-order valence-corrected chi connectivity index (χ3v) is 4.79. The summed E-state index contributed by atoms with van der Waals surface area (Å²) in [6.45, 7) is 8.03. The van der Waals surface area contributed by atoms with E-state index in [0.29, 0.717) is 0 Å². The number of anilines is 1. The first-order valence-corrected chi connectivity index (χ1v) is 9.76. The Balaban J connectivity index is 0.00000338. The number of halogens is 1. The SMILES string of the molecule is CCN(CCCNC(=NC)NCCc1csc(C)n1)c1ccccc1.I. The average molecular weight is 487 g/mol. The van der Waals surface area contributed by atoms with E-state index in [4.69, 9.17) is 0 Å². The molecular weight excluding hydrogens is 457 g/mol. The zero-order chi connectivity index (χ0) is 17.9. The van der Waals surface area contributed by atoms with Gasteiger partial charge < -0.3 is 15.5 Å². The van der Waals surface area contributed by atoms with Crippen LogP contribution in [0.5, 0.6) is 0 Å². The van der Waals surface area contributed by atoms with Crippen LogP contribution in [-0.4, -0.2) is 44.2 Å². The first-order valence-electron chi connectivity index (χ1n) is 8.88. The van der Waals surface area contributed by atoms with E-state index in [-0.39, 0.29) is 24.0 Å². The highest BCUT2D eigenvalue weighted by Gasteiger charge is 2.04. The summed E-state index contributed by atoms with van der Waals surface area (Å²) in [5.74, 6) is 0.856. The van der Waals surface area contributed by atoms with E-state index in [1.54, 1.807) is 11.3 Å². The summed E-state index contributed by atoms with van der Waals surface area (Å²) in [4.78, 5) is 11.2. The third-order valence-electron chi connectivity index (χ3n) is 3.96. The van der Waals surface area contributed by atoms with Crippen molar-refractivity contribution in [2.75, 3.05) is 38.1 Å². The van der Waals surface area contributed by atoms with Crippen molar-refractivity contribution in [2.45, 2.75) is 26.7 Å². The Hall–Kier alpha value is -1.35. The summed E-state index contributed by atoms with van der Waals surface area (Å²) in [6, 6.07) is 10.6. The van der Waals surface area contributed by atoms with Gasteiger partial charge in [-0.05, 0) is 32.4 Å². The third kappa shape index (κ3) is 7.90. The van der Waals surface area contributed by atoms with E-state index < -0.39 is 0 Å². The quantitative estimate of drug-likeness (QED) is 0.245. The molecule has 0 unspecified atom stereocenters. The fourth-order valence-corrected chi connectivity index (χ4v) is 3.29. The first-order chi connectivity index (χ1) is 12.2. The molecule has 2 aromatic rings. The highest BCUT2D eigenvalue weighted by Crippen LogP contribution is 2.12. The number of aryl methyl sites for hydroxylation is 1. The number of hydrogen-bond donors (Lipinski definition) is 2. The Bertz CT molecular complexity index is 644. The van der Waals surface area contributed by atoms with Gasteiger partial charge in [0.1, 0.15) is 0 Å². The zero-order valence-corrected chi connectivity index (χ0v) is 19.0. The van der Waals surface area contributed by atoms with Crippen molar-refractivity contribution in [3.63, 3.8) is 0 Å². The number of nitrogens with one attached hydrogen (secondary N) is 2. The molecule has 0 amide bonds. The topological polar surface area (TPSA) is 52.5 Å². The van der Waals surface area contributed by atoms with Crippen LogP contribution in [0.1, 0.15) is 24.0 Å². The molecule has 0 bridgehead atoms. The van der Waals surface area contributed by atoms with Gasteiger partial charge in [0.25, 0.3) is 0 Å². The smallest absolute Gasteiger partial charge is 0.190 e. The van der Waals surface area contributed by atoms with Gasteiger partial charge in [-0.2, -0.15) is 0 Å². The van der Waals surface area contributed by atoms with Crippen LogP contribution >= 0.6 is 35.3 Å². The molecule has 1 aromatic carbocycles. The van der Waals surface area contributed by atoms with Gasteiger partial charge in [0.15, 0.2) is 5.96 Å². The van der Waals surface area contributed by atoms with Crippen LogP contribution in [0.3, 0.4) is 0 Å². The van der Waals surface area contributed by atoms with Crippen LogP contribution in [-0.2, 0) is 6.42 Å². The van der Waals surface area contributed by atoms with Crippen molar-refractivity contribution in [2.24, 2.45) is 4.99 Å². The molecule has 2 rings (SSSR count). The molecule has 26 heavy (non-hydrogen) atoms. The Morgan fingerprint density at radius 3 is 2.54 bits per heavy atom. The molecule has 144 valence electrons. The maximum absolute atomic E-state index is 4.48. The van der Waals surface area contributed by atoms with E-state index in [2.05, 4.69) is 68.1 Å². The molecule has 0 atom stereocenters. The van der Waals surface area contributed by atoms with Gasteiger partial charge in [0, 0.05) is 50.7 Å². The van der Waals surface area contributed by atoms with Crippen molar-refractivity contribution in [1.29, 1.82) is 0 Å². The molecule has 0 saturated carbocycles. The van der Waals surface area contributed by atoms with Crippen LogP contribution in [0.2, 0.25) is 0 Å². The van der Waals surface area contributed by atoms with Gasteiger partial charge in [-0.15, -0.1) is 35.3 Å². The second-order valence-electron chi connectivity index (χ2n) is 5.80. The second-order valence-corrected chi connectivity index (χ2v) is 6.86. The highest BCUT2D eigenvalue weighted by atomic mass is 127. The number of thiazole rings is 1. The number of hydrogen-bond acceptors (Lipinski definition) is 4. The lowest BCUT2D eigenvalue weighted by Crippen LogP contribution is -2.39. The van der Waals surface area contributed by atoms with Crippen LogP contribution in [0.4, 0.5) is 5.69 Å². The van der Waals surface area contributed by atoms with Crippen molar-refractivity contribution in [3.8, 4) is 0 Å². The van der Waals surface area contributed by atoms with Crippen molar-refractivity contribution in [3.05, 3.63) is 46.4 Å². The number of aliphatic imine (C=N–C) groups is 1. The van der Waals surface area contributed by atoms with E-state index in [1.807, 2.05) is 14.0 Å². The van der Waals surface area contributed by atoms with Crippen LogP contribution < -0.4 is 15.5 Å². The van der Waals surface area contributed by atoms with Gasteiger partial charge in [-0.1, -0.05) is 18.2 Å². The van der Waals surface area contributed by atoms with E-state index in [1.165, 1.54) is 5.69 Å². The summed E-state index contributed by atoms with van der Waals surface area (Å²) in [5.41, 5.74) is 2.43. The van der Waals surface area contributed by atoms with Crippen LogP contribution in [0.25, 0.3) is 0 Å². The Morgan fingerprint density at radius 2 is 1.92 bits per heavy atom. The first kappa shape index (κ1) is 22.7. The summed E-state index contributed by atoms with van der Waals surface area (Å²) in [7, 11) is 1.81. The number of guanidine groups is 1. The molecule has 0 aliphatic heterocycles. The van der Waals surface area contributed by atoms with Gasteiger partial charge in [0.05, 0.1) is 10.7 Å². The van der Waals surface area contributed by atoms with Crippen molar-refractivity contribution in [1.82, 2.24) is 15.6 Å². The number of nitrogens with zero attached hydrogens (tertiary/aromatic N) is 3. The zero-order valence-electron chi connectivity index (χ0n) is 15.9. The van der Waals surface area contributed by atoms with Crippen molar-refractivity contribution < 1.29 is 0 Å². The lowest BCUT2D eigenvalue weighted by molar-refractivity contribution is 0.706. The summed E-state index contributed by atoms with van der Waals surface area (Å²) >= 11 is 1.70. The fourth-order valence-electron chi connectivity index (χ4n) is 2.64. The summed E-state index contributed by atoms with van der Waals surface area (Å²) in [6.07, 6.45) is 1.98. The van der Waals surface area contributed by atoms with Crippen LogP contribution in [0.15, 0.2) is 40.7 Å². The molecule has 0 radical (unpaired) electrons. The van der Waals surface area contributed by atoms with E-state index in [0.717, 1.165) is 55.7 Å². The lowest BCUT2D eigenvalue weighted by atomic mass is 10.2. The molecule has 0 aliphatic carbocycles. The molecule has 0 fully saturated rings. The summed E-state index contributed by atoms with van der Waals surface area (Å²) in [5, 5.41) is 9.98. The molecule has 7 heteroatoms. The molecule has 1 heterocycles. The van der Waals surface area contributed by atoms with Crippen molar-refractivity contribution >= 4 is 47.0 Å². The van der Waals surface area contributed by atoms with E-state index in [9.17, 15) is 0 Å². The molecule has 1 aromatic heterocycles. The maximum atomic E-state index is 4.48. The maximum Gasteiger partial charge on any atom is 0.190 e. The van der Waals surface area contributed by atoms with Gasteiger partial charge in [0.2, 0.25) is 0 Å². The Labute approximate surface area is 178 Å². The number of aromatic nitrogens is 1. The number of rotatable bonds is 9.